The summed E-state index contributed by atoms with van der Waals surface area (Å²) < 4.78 is 0.885. The van der Waals surface area contributed by atoms with Crippen LogP contribution in [0.1, 0.15) is 11.3 Å². The van der Waals surface area contributed by atoms with Crippen molar-refractivity contribution >= 4 is 22.9 Å². The predicted molar refractivity (Wildman–Crippen MR) is 64.2 cm³/mol. The van der Waals surface area contributed by atoms with Gasteiger partial charge in [-0.2, -0.15) is 0 Å². The van der Waals surface area contributed by atoms with Gasteiger partial charge in [0.25, 0.3) is 0 Å². The van der Waals surface area contributed by atoms with Gasteiger partial charge in [0.15, 0.2) is 0 Å². The quantitative estimate of drug-likeness (QED) is 0.815. The average molecular weight is 233 g/mol. The van der Waals surface area contributed by atoms with Gasteiger partial charge in [-0.3, -0.25) is 0 Å². The molecule has 0 aliphatic rings. The zero-order chi connectivity index (χ0) is 10.4. The molecule has 0 saturated carbocycles. The summed E-state index contributed by atoms with van der Waals surface area (Å²) in [5.41, 5.74) is 5.46. The molecule has 1 rings (SSSR count). The number of thiophene rings is 1. The fraction of sp³-hybridized carbons (Fsp3) is 0.600. The van der Waals surface area contributed by atoms with E-state index in [1.54, 1.807) is 11.3 Å². The van der Waals surface area contributed by atoms with E-state index in [1.165, 1.54) is 11.3 Å². The number of likely N-dealkylation sites (N-methyl/N-ethyl adjacent to an activating group) is 1. The first-order valence-corrected chi connectivity index (χ1v) is 6.04. The molecular formula is C10H17ClN2S. The number of aryl methyl sites for hydroxylation is 1. The van der Waals surface area contributed by atoms with Crippen LogP contribution in [0, 0.1) is 0 Å². The van der Waals surface area contributed by atoms with Crippen LogP contribution in [0.3, 0.4) is 0 Å². The molecular weight excluding hydrogens is 216 g/mol. The van der Waals surface area contributed by atoms with Gasteiger partial charge in [-0.15, -0.1) is 11.3 Å². The molecule has 4 heteroatoms. The third kappa shape index (κ3) is 4.42. The van der Waals surface area contributed by atoms with E-state index in [1.807, 2.05) is 6.07 Å². The standard InChI is InChI=1S/C10H17ClN2S/c1-13(8-6-12)7-2-3-9-4-5-10(11)14-9/h4-5H,2-3,6-8,12H2,1H3. The molecule has 0 atom stereocenters. The van der Waals surface area contributed by atoms with Crippen LogP contribution in [0.5, 0.6) is 0 Å². The largest absolute Gasteiger partial charge is 0.329 e. The van der Waals surface area contributed by atoms with Gasteiger partial charge in [0.2, 0.25) is 0 Å². The second kappa shape index (κ2) is 6.40. The molecule has 0 fully saturated rings. The van der Waals surface area contributed by atoms with Crippen LogP contribution in [0.2, 0.25) is 4.34 Å². The zero-order valence-electron chi connectivity index (χ0n) is 8.50. The molecule has 2 N–H and O–H groups in total. The Kier molecular flexibility index (Phi) is 5.48. The van der Waals surface area contributed by atoms with Crippen molar-refractivity contribution in [2.24, 2.45) is 5.73 Å². The Hall–Kier alpha value is -0.0900. The van der Waals surface area contributed by atoms with Gasteiger partial charge < -0.3 is 10.6 Å². The normalized spacial score (nSPS) is 11.1. The third-order valence-corrected chi connectivity index (χ3v) is 3.39. The topological polar surface area (TPSA) is 29.3 Å². The first-order chi connectivity index (χ1) is 6.72. The summed E-state index contributed by atoms with van der Waals surface area (Å²) in [5, 5.41) is 0. The van der Waals surface area contributed by atoms with Crippen molar-refractivity contribution in [2.45, 2.75) is 12.8 Å². The molecule has 0 aromatic carbocycles. The maximum absolute atomic E-state index is 5.84. The lowest BCUT2D eigenvalue weighted by Crippen LogP contribution is -2.26. The predicted octanol–water partition coefficient (Wildman–Crippen LogP) is 2.22. The highest BCUT2D eigenvalue weighted by Crippen LogP contribution is 2.22. The second-order valence-electron chi connectivity index (χ2n) is 3.40. The minimum Gasteiger partial charge on any atom is -0.329 e. The van der Waals surface area contributed by atoms with Crippen LogP contribution in [-0.2, 0) is 6.42 Å². The SMILES string of the molecule is CN(CCN)CCCc1ccc(Cl)s1. The van der Waals surface area contributed by atoms with Crippen molar-refractivity contribution in [1.82, 2.24) is 4.90 Å². The van der Waals surface area contributed by atoms with Crippen LogP contribution in [-0.4, -0.2) is 31.6 Å². The molecule has 0 amide bonds. The van der Waals surface area contributed by atoms with Crippen molar-refractivity contribution in [3.8, 4) is 0 Å². The number of hydrogen-bond acceptors (Lipinski definition) is 3. The minimum absolute atomic E-state index is 0.737. The van der Waals surface area contributed by atoms with Crippen molar-refractivity contribution in [1.29, 1.82) is 0 Å². The molecule has 1 aromatic rings. The number of hydrogen-bond donors (Lipinski definition) is 1. The molecule has 1 aromatic heterocycles. The van der Waals surface area contributed by atoms with Gasteiger partial charge >= 0.3 is 0 Å². The Morgan fingerprint density at radius 1 is 1.43 bits per heavy atom. The minimum atomic E-state index is 0.737. The summed E-state index contributed by atoms with van der Waals surface area (Å²) >= 11 is 7.52. The lowest BCUT2D eigenvalue weighted by Gasteiger charge is -2.14. The van der Waals surface area contributed by atoms with E-state index in [0.717, 1.165) is 30.4 Å². The van der Waals surface area contributed by atoms with Crippen LogP contribution in [0.25, 0.3) is 0 Å². The molecule has 14 heavy (non-hydrogen) atoms. The first kappa shape index (κ1) is 12.0. The van der Waals surface area contributed by atoms with Crippen LogP contribution < -0.4 is 5.73 Å². The van der Waals surface area contributed by atoms with Gasteiger partial charge in [-0.05, 0) is 38.6 Å². The monoisotopic (exact) mass is 232 g/mol. The highest BCUT2D eigenvalue weighted by Gasteiger charge is 2.00. The highest BCUT2D eigenvalue weighted by molar-refractivity contribution is 7.16. The van der Waals surface area contributed by atoms with Crippen molar-refractivity contribution in [3.63, 3.8) is 0 Å². The third-order valence-electron chi connectivity index (χ3n) is 2.10. The molecule has 2 nitrogen and oxygen atoms in total. The molecule has 0 aliphatic carbocycles. The van der Waals surface area contributed by atoms with E-state index in [4.69, 9.17) is 17.3 Å². The lowest BCUT2D eigenvalue weighted by atomic mass is 10.2. The number of nitrogens with two attached hydrogens (primary N) is 1. The van der Waals surface area contributed by atoms with Gasteiger partial charge in [-0.25, -0.2) is 0 Å². The Morgan fingerprint density at radius 3 is 2.79 bits per heavy atom. The summed E-state index contributed by atoms with van der Waals surface area (Å²) in [4.78, 5) is 3.63. The Morgan fingerprint density at radius 2 is 2.21 bits per heavy atom. The molecule has 0 saturated heterocycles. The fourth-order valence-corrected chi connectivity index (χ4v) is 2.47. The van der Waals surface area contributed by atoms with E-state index in [0.29, 0.717) is 0 Å². The van der Waals surface area contributed by atoms with Crippen molar-refractivity contribution < 1.29 is 0 Å². The Bertz CT molecular complexity index is 262. The Balaban J connectivity index is 2.15. The molecule has 80 valence electrons. The lowest BCUT2D eigenvalue weighted by molar-refractivity contribution is 0.339. The summed E-state index contributed by atoms with van der Waals surface area (Å²) in [7, 11) is 2.11. The van der Waals surface area contributed by atoms with Crippen LogP contribution in [0.4, 0.5) is 0 Å². The molecule has 0 aliphatic heterocycles. The van der Waals surface area contributed by atoms with Crippen molar-refractivity contribution in [3.05, 3.63) is 21.3 Å². The van der Waals surface area contributed by atoms with Crippen LogP contribution in [0.15, 0.2) is 12.1 Å². The van der Waals surface area contributed by atoms with E-state index < -0.39 is 0 Å². The number of halogens is 1. The molecule has 0 radical (unpaired) electrons. The maximum Gasteiger partial charge on any atom is 0.0931 e. The number of rotatable bonds is 6. The van der Waals surface area contributed by atoms with Crippen molar-refractivity contribution in [2.75, 3.05) is 26.7 Å². The fourth-order valence-electron chi connectivity index (χ4n) is 1.34. The van der Waals surface area contributed by atoms with Gasteiger partial charge in [0, 0.05) is 18.0 Å². The van der Waals surface area contributed by atoms with E-state index >= 15 is 0 Å². The van der Waals surface area contributed by atoms with E-state index in [2.05, 4.69) is 18.0 Å². The van der Waals surface area contributed by atoms with Gasteiger partial charge in [-0.1, -0.05) is 11.6 Å². The Labute approximate surface area is 94.7 Å². The van der Waals surface area contributed by atoms with Gasteiger partial charge in [0.05, 0.1) is 4.34 Å². The van der Waals surface area contributed by atoms with Gasteiger partial charge in [0.1, 0.15) is 0 Å². The van der Waals surface area contributed by atoms with E-state index in [-0.39, 0.29) is 0 Å². The smallest absolute Gasteiger partial charge is 0.0931 e. The summed E-state index contributed by atoms with van der Waals surface area (Å²) in [6.07, 6.45) is 2.29. The molecule has 0 spiro atoms. The molecule has 0 bridgehead atoms. The molecule has 1 heterocycles. The summed E-state index contributed by atoms with van der Waals surface area (Å²) in [6.45, 7) is 2.82. The zero-order valence-corrected chi connectivity index (χ0v) is 10.1. The molecule has 0 unspecified atom stereocenters. The van der Waals surface area contributed by atoms with Crippen LogP contribution >= 0.6 is 22.9 Å². The summed E-state index contributed by atoms with van der Waals surface area (Å²) in [5.74, 6) is 0. The summed E-state index contributed by atoms with van der Waals surface area (Å²) in [6, 6.07) is 4.07. The first-order valence-electron chi connectivity index (χ1n) is 4.85. The van der Waals surface area contributed by atoms with E-state index in [9.17, 15) is 0 Å². The maximum atomic E-state index is 5.84. The second-order valence-corrected chi connectivity index (χ2v) is 5.20. The average Bonchev–Trinajstić information content (AvgIpc) is 2.52. The highest BCUT2D eigenvalue weighted by atomic mass is 35.5. The number of nitrogens with zero attached hydrogens (tertiary/aromatic N) is 1.